The molecular formula is C22H24N8O. The van der Waals surface area contributed by atoms with Crippen LogP contribution in [0, 0.1) is 0 Å². The third kappa shape index (κ3) is 2.83. The molecule has 2 aliphatic carbocycles. The number of aromatic nitrogens is 7. The molecule has 0 radical (unpaired) electrons. The molecule has 0 atom stereocenters. The molecule has 0 spiro atoms. The first-order valence-corrected chi connectivity index (χ1v) is 10.8. The van der Waals surface area contributed by atoms with E-state index in [-0.39, 0.29) is 5.54 Å². The maximum Gasteiger partial charge on any atom is 0.165 e. The summed E-state index contributed by atoms with van der Waals surface area (Å²) in [4.78, 5) is 18.0. The Morgan fingerprint density at radius 2 is 1.84 bits per heavy atom. The number of rotatable bonds is 5. The van der Waals surface area contributed by atoms with Crippen LogP contribution in [-0.2, 0) is 5.54 Å². The number of anilines is 1. The number of nitrogens with two attached hydrogens (primary N) is 1. The summed E-state index contributed by atoms with van der Waals surface area (Å²) in [6.45, 7) is 6.42. The normalized spacial score (nSPS) is 17.5. The first-order valence-electron chi connectivity index (χ1n) is 10.8. The van der Waals surface area contributed by atoms with Gasteiger partial charge in [-0.05, 0) is 44.1 Å². The predicted octanol–water partition coefficient (Wildman–Crippen LogP) is 4.03. The van der Waals surface area contributed by atoms with E-state index in [4.69, 9.17) is 15.4 Å². The summed E-state index contributed by atoms with van der Waals surface area (Å²) >= 11 is 0. The van der Waals surface area contributed by atoms with Crippen molar-refractivity contribution in [3.63, 3.8) is 0 Å². The molecule has 4 aromatic heterocycles. The molecule has 31 heavy (non-hydrogen) atoms. The second kappa shape index (κ2) is 6.32. The molecule has 0 amide bonds. The van der Waals surface area contributed by atoms with Gasteiger partial charge in [0, 0.05) is 18.3 Å². The molecule has 158 valence electrons. The molecule has 2 N–H and O–H groups in total. The quantitative estimate of drug-likeness (QED) is 0.517. The zero-order valence-corrected chi connectivity index (χ0v) is 17.8. The van der Waals surface area contributed by atoms with Gasteiger partial charge in [0.15, 0.2) is 17.2 Å². The summed E-state index contributed by atoms with van der Waals surface area (Å²) in [6.07, 6.45) is 9.48. The molecule has 2 saturated carbocycles. The van der Waals surface area contributed by atoms with Gasteiger partial charge in [-0.1, -0.05) is 19.0 Å². The summed E-state index contributed by atoms with van der Waals surface area (Å²) in [6, 6.07) is 0. The zero-order chi connectivity index (χ0) is 21.3. The highest BCUT2D eigenvalue weighted by Gasteiger charge is 2.43. The molecule has 0 aromatic carbocycles. The van der Waals surface area contributed by atoms with Crippen molar-refractivity contribution < 1.29 is 4.52 Å². The SMILES string of the molecule is CC(C)c1cnc(-c2c(-c3nn(C4(C)CC4)c4ncnc(N)c34)noc2C2CC2)nc1. The van der Waals surface area contributed by atoms with Crippen LogP contribution in [0.5, 0.6) is 0 Å². The number of nitrogens with zero attached hydrogens (tertiary/aromatic N) is 7. The summed E-state index contributed by atoms with van der Waals surface area (Å²) < 4.78 is 7.81. The highest BCUT2D eigenvalue weighted by molar-refractivity contribution is 6.00. The lowest BCUT2D eigenvalue weighted by molar-refractivity contribution is 0.386. The van der Waals surface area contributed by atoms with Crippen molar-refractivity contribution in [2.45, 2.75) is 63.8 Å². The van der Waals surface area contributed by atoms with E-state index >= 15 is 0 Å². The highest BCUT2D eigenvalue weighted by atomic mass is 16.5. The van der Waals surface area contributed by atoms with Crippen LogP contribution in [0.2, 0.25) is 0 Å². The second-order valence-electron chi connectivity index (χ2n) is 9.25. The summed E-state index contributed by atoms with van der Waals surface area (Å²) in [5.41, 5.74) is 10.1. The summed E-state index contributed by atoms with van der Waals surface area (Å²) in [7, 11) is 0. The van der Waals surface area contributed by atoms with Gasteiger partial charge in [0.2, 0.25) is 0 Å². The van der Waals surface area contributed by atoms with Crippen LogP contribution in [-0.4, -0.2) is 34.9 Å². The fraction of sp³-hybridized carbons (Fsp3) is 0.455. The van der Waals surface area contributed by atoms with Crippen molar-refractivity contribution in [1.82, 2.24) is 34.9 Å². The van der Waals surface area contributed by atoms with Crippen LogP contribution >= 0.6 is 0 Å². The van der Waals surface area contributed by atoms with Gasteiger partial charge in [-0.25, -0.2) is 24.6 Å². The number of fused-ring (bicyclic) bond motifs is 1. The van der Waals surface area contributed by atoms with Crippen LogP contribution < -0.4 is 5.73 Å². The molecule has 9 nitrogen and oxygen atoms in total. The van der Waals surface area contributed by atoms with Gasteiger partial charge in [-0.2, -0.15) is 5.10 Å². The fourth-order valence-corrected chi connectivity index (χ4v) is 3.98. The topological polar surface area (TPSA) is 121 Å². The van der Waals surface area contributed by atoms with Crippen molar-refractivity contribution in [1.29, 1.82) is 0 Å². The van der Waals surface area contributed by atoms with Gasteiger partial charge < -0.3 is 10.3 Å². The third-order valence-electron chi connectivity index (χ3n) is 6.43. The van der Waals surface area contributed by atoms with Crippen LogP contribution in [0.25, 0.3) is 33.8 Å². The average Bonchev–Trinajstić information content (AvgIpc) is 3.66. The fourth-order valence-electron chi connectivity index (χ4n) is 3.98. The van der Waals surface area contributed by atoms with Gasteiger partial charge in [-0.15, -0.1) is 0 Å². The number of nitrogen functional groups attached to an aromatic ring is 1. The van der Waals surface area contributed by atoms with Crippen LogP contribution in [0.4, 0.5) is 5.82 Å². The van der Waals surface area contributed by atoms with Gasteiger partial charge in [-0.3, -0.25) is 0 Å². The van der Waals surface area contributed by atoms with E-state index in [1.807, 2.05) is 17.1 Å². The van der Waals surface area contributed by atoms with Crippen LogP contribution in [0.15, 0.2) is 23.2 Å². The Bertz CT molecular complexity index is 1300. The molecule has 0 aliphatic heterocycles. The summed E-state index contributed by atoms with van der Waals surface area (Å²) in [5.74, 6) is 2.50. The van der Waals surface area contributed by atoms with E-state index in [2.05, 4.69) is 45.9 Å². The second-order valence-corrected chi connectivity index (χ2v) is 9.25. The van der Waals surface area contributed by atoms with Crippen molar-refractivity contribution in [3.05, 3.63) is 30.0 Å². The molecule has 6 rings (SSSR count). The first kappa shape index (κ1) is 18.4. The van der Waals surface area contributed by atoms with Crippen molar-refractivity contribution in [2.24, 2.45) is 0 Å². The van der Waals surface area contributed by atoms with Gasteiger partial charge in [0.05, 0.1) is 16.5 Å². The van der Waals surface area contributed by atoms with Crippen LogP contribution in [0.1, 0.15) is 69.6 Å². The molecule has 0 unspecified atom stereocenters. The predicted molar refractivity (Wildman–Crippen MR) is 115 cm³/mol. The van der Waals surface area contributed by atoms with E-state index in [1.54, 1.807) is 0 Å². The number of hydrogen-bond acceptors (Lipinski definition) is 8. The lowest BCUT2D eigenvalue weighted by Crippen LogP contribution is -2.14. The summed E-state index contributed by atoms with van der Waals surface area (Å²) in [5, 5.41) is 10.1. The molecule has 0 bridgehead atoms. The van der Waals surface area contributed by atoms with Crippen molar-refractivity contribution >= 4 is 16.9 Å². The van der Waals surface area contributed by atoms with E-state index in [9.17, 15) is 0 Å². The molecule has 9 heteroatoms. The van der Waals surface area contributed by atoms with Gasteiger partial charge in [0.1, 0.15) is 23.5 Å². The Hall–Kier alpha value is -3.36. The maximum absolute atomic E-state index is 6.30. The van der Waals surface area contributed by atoms with Crippen LogP contribution in [0.3, 0.4) is 0 Å². The highest BCUT2D eigenvalue weighted by Crippen LogP contribution is 2.49. The van der Waals surface area contributed by atoms with Crippen molar-refractivity contribution in [3.8, 4) is 22.8 Å². The minimum atomic E-state index is -0.0596. The molecule has 0 saturated heterocycles. The Morgan fingerprint density at radius 3 is 2.48 bits per heavy atom. The maximum atomic E-state index is 6.30. The first-order chi connectivity index (χ1) is 15.0. The Labute approximate surface area is 179 Å². The van der Waals surface area contributed by atoms with E-state index < -0.39 is 0 Å². The molecule has 4 aromatic rings. The molecular weight excluding hydrogens is 392 g/mol. The lowest BCUT2D eigenvalue weighted by atomic mass is 10.0. The molecule has 2 aliphatic rings. The van der Waals surface area contributed by atoms with E-state index in [1.165, 1.54) is 6.33 Å². The Morgan fingerprint density at radius 1 is 1.10 bits per heavy atom. The van der Waals surface area contributed by atoms with Gasteiger partial charge >= 0.3 is 0 Å². The average molecular weight is 416 g/mol. The van der Waals surface area contributed by atoms with Crippen molar-refractivity contribution in [2.75, 3.05) is 5.73 Å². The number of hydrogen-bond donors (Lipinski definition) is 1. The minimum absolute atomic E-state index is 0.0596. The molecule has 2 fully saturated rings. The Kier molecular flexibility index (Phi) is 3.75. The third-order valence-corrected chi connectivity index (χ3v) is 6.43. The largest absolute Gasteiger partial charge is 0.383 e. The van der Waals surface area contributed by atoms with E-state index in [0.29, 0.717) is 40.3 Å². The van der Waals surface area contributed by atoms with E-state index in [0.717, 1.165) is 48.2 Å². The lowest BCUT2D eigenvalue weighted by Gasteiger charge is -2.09. The van der Waals surface area contributed by atoms with Gasteiger partial charge in [0.25, 0.3) is 0 Å². The zero-order valence-electron chi connectivity index (χ0n) is 17.8. The standard InChI is InChI=1S/C22H24N8O/c1-11(2)13-8-24-20(25-9-13)14-17(29-31-18(14)12-4-5-12)16-15-19(23)26-10-27-21(15)30(28-16)22(3)6-7-22/h8-12H,4-7H2,1-3H3,(H2,23,26,27). The monoisotopic (exact) mass is 416 g/mol. The minimum Gasteiger partial charge on any atom is -0.383 e. The molecule has 4 heterocycles. The smallest absolute Gasteiger partial charge is 0.165 e. The Balaban J connectivity index is 1.59.